The van der Waals surface area contributed by atoms with Crippen LogP contribution in [0.1, 0.15) is 0 Å². The number of halogens is 2. The Morgan fingerprint density at radius 3 is 2.29 bits per heavy atom. The summed E-state index contributed by atoms with van der Waals surface area (Å²) in [5.41, 5.74) is 1.05. The molecule has 3 rings (SSSR count). The van der Waals surface area contributed by atoms with Crippen LogP contribution in [-0.4, -0.2) is 34.7 Å². The number of para-hydroxylation sites is 2. The molecular formula is C16H16F2N2O3S. The van der Waals surface area contributed by atoms with Crippen LogP contribution in [0.2, 0.25) is 0 Å². The van der Waals surface area contributed by atoms with Gasteiger partial charge >= 0.3 is 0 Å². The van der Waals surface area contributed by atoms with Crippen molar-refractivity contribution in [2.75, 3.05) is 35.9 Å². The summed E-state index contributed by atoms with van der Waals surface area (Å²) in [6.07, 6.45) is 0. The van der Waals surface area contributed by atoms with E-state index in [2.05, 4.69) is 4.72 Å². The zero-order valence-corrected chi connectivity index (χ0v) is 13.5. The second-order valence-corrected chi connectivity index (χ2v) is 7.01. The summed E-state index contributed by atoms with van der Waals surface area (Å²) < 4.78 is 59.2. The third kappa shape index (κ3) is 3.65. The maximum Gasteiger partial charge on any atom is 0.262 e. The number of morpholine rings is 1. The molecular weight excluding hydrogens is 338 g/mol. The third-order valence-corrected chi connectivity index (χ3v) is 4.99. The van der Waals surface area contributed by atoms with Crippen molar-refractivity contribution < 1.29 is 21.9 Å². The Labute approximate surface area is 138 Å². The molecule has 1 aliphatic heterocycles. The molecule has 0 amide bonds. The number of hydrogen-bond donors (Lipinski definition) is 1. The van der Waals surface area contributed by atoms with E-state index >= 15 is 0 Å². The van der Waals surface area contributed by atoms with E-state index in [9.17, 15) is 17.2 Å². The van der Waals surface area contributed by atoms with Crippen molar-refractivity contribution in [3.05, 3.63) is 54.1 Å². The molecule has 2 aromatic carbocycles. The summed E-state index contributed by atoms with van der Waals surface area (Å²) in [5.74, 6) is -1.89. The Hall–Kier alpha value is -2.19. The van der Waals surface area contributed by atoms with Gasteiger partial charge in [0.25, 0.3) is 10.0 Å². The first-order valence-electron chi connectivity index (χ1n) is 7.36. The zero-order chi connectivity index (χ0) is 17.2. The molecule has 2 aromatic rings. The number of ether oxygens (including phenoxy) is 1. The Balaban J connectivity index is 1.92. The maximum absolute atomic E-state index is 13.3. The summed E-state index contributed by atoms with van der Waals surface area (Å²) in [7, 11) is -4.11. The van der Waals surface area contributed by atoms with Gasteiger partial charge in [-0.1, -0.05) is 12.1 Å². The van der Waals surface area contributed by atoms with Crippen LogP contribution in [0.25, 0.3) is 0 Å². The van der Waals surface area contributed by atoms with Gasteiger partial charge in [-0.2, -0.15) is 0 Å². The largest absolute Gasteiger partial charge is 0.378 e. The molecule has 1 fully saturated rings. The van der Waals surface area contributed by atoms with Crippen LogP contribution < -0.4 is 9.62 Å². The van der Waals surface area contributed by atoms with E-state index in [1.807, 2.05) is 4.90 Å². The first-order chi connectivity index (χ1) is 11.5. The molecule has 0 bridgehead atoms. The third-order valence-electron chi connectivity index (χ3n) is 3.65. The highest BCUT2D eigenvalue weighted by Crippen LogP contribution is 2.28. The minimum atomic E-state index is -4.11. The Morgan fingerprint density at radius 1 is 1.00 bits per heavy atom. The molecule has 1 saturated heterocycles. The van der Waals surface area contributed by atoms with Crippen LogP contribution >= 0.6 is 0 Å². The molecule has 0 atom stereocenters. The first-order valence-corrected chi connectivity index (χ1v) is 8.85. The predicted molar refractivity (Wildman–Crippen MR) is 86.6 cm³/mol. The Morgan fingerprint density at radius 2 is 1.62 bits per heavy atom. The lowest BCUT2D eigenvalue weighted by atomic mass is 10.2. The van der Waals surface area contributed by atoms with Crippen LogP contribution in [0.3, 0.4) is 0 Å². The summed E-state index contributed by atoms with van der Waals surface area (Å²) in [4.78, 5) is 1.53. The first kappa shape index (κ1) is 16.7. The van der Waals surface area contributed by atoms with Crippen LogP contribution in [0.15, 0.2) is 47.4 Å². The summed E-state index contributed by atoms with van der Waals surface area (Å²) in [5, 5.41) is 0. The molecule has 1 aliphatic rings. The second-order valence-electron chi connectivity index (χ2n) is 5.33. The maximum atomic E-state index is 13.3. The number of nitrogens with zero attached hydrogens (tertiary/aromatic N) is 1. The number of hydrogen-bond acceptors (Lipinski definition) is 4. The molecule has 0 unspecified atom stereocenters. The van der Waals surface area contributed by atoms with Crippen molar-refractivity contribution in [2.45, 2.75) is 4.90 Å². The molecule has 1 N–H and O–H groups in total. The summed E-state index contributed by atoms with van der Waals surface area (Å²) >= 11 is 0. The molecule has 24 heavy (non-hydrogen) atoms. The molecule has 8 heteroatoms. The number of rotatable bonds is 4. The van der Waals surface area contributed by atoms with Gasteiger partial charge in [0.2, 0.25) is 0 Å². The van der Waals surface area contributed by atoms with E-state index in [1.165, 1.54) is 0 Å². The van der Waals surface area contributed by atoms with Crippen LogP contribution in [0.5, 0.6) is 0 Å². The lowest BCUT2D eigenvalue weighted by Gasteiger charge is -2.30. The average molecular weight is 354 g/mol. The van der Waals surface area contributed by atoms with Gasteiger partial charge in [0.05, 0.1) is 29.5 Å². The van der Waals surface area contributed by atoms with Crippen molar-refractivity contribution in [2.24, 2.45) is 0 Å². The van der Waals surface area contributed by atoms with Gasteiger partial charge in [-0.3, -0.25) is 4.72 Å². The zero-order valence-electron chi connectivity index (χ0n) is 12.7. The monoisotopic (exact) mass is 354 g/mol. The van der Waals surface area contributed by atoms with Gasteiger partial charge in [0.15, 0.2) is 0 Å². The highest BCUT2D eigenvalue weighted by molar-refractivity contribution is 7.92. The minimum Gasteiger partial charge on any atom is -0.378 e. The molecule has 0 aromatic heterocycles. The van der Waals surface area contributed by atoms with Gasteiger partial charge in [-0.15, -0.1) is 0 Å². The molecule has 1 heterocycles. The normalized spacial score (nSPS) is 15.3. The van der Waals surface area contributed by atoms with E-state index in [1.54, 1.807) is 24.3 Å². The number of benzene rings is 2. The molecule has 0 aliphatic carbocycles. The molecule has 5 nitrogen and oxygen atoms in total. The Kier molecular flexibility index (Phi) is 4.68. The molecule has 128 valence electrons. The highest BCUT2D eigenvalue weighted by atomic mass is 32.2. The van der Waals surface area contributed by atoms with Gasteiger partial charge in [-0.25, -0.2) is 17.2 Å². The smallest absolute Gasteiger partial charge is 0.262 e. The molecule has 0 saturated carbocycles. The van der Waals surface area contributed by atoms with E-state index in [0.717, 1.165) is 12.1 Å². The van der Waals surface area contributed by atoms with Gasteiger partial charge in [0, 0.05) is 19.2 Å². The topological polar surface area (TPSA) is 58.6 Å². The average Bonchev–Trinajstić information content (AvgIpc) is 2.55. The van der Waals surface area contributed by atoms with Crippen LogP contribution in [0.4, 0.5) is 20.2 Å². The SMILES string of the molecule is O=S(=O)(Nc1ccccc1N1CCOCC1)c1cc(F)cc(F)c1. The van der Waals surface area contributed by atoms with Crippen LogP contribution in [0, 0.1) is 11.6 Å². The minimum absolute atomic E-state index is 0.351. The van der Waals surface area contributed by atoms with E-state index in [4.69, 9.17) is 4.74 Å². The lowest BCUT2D eigenvalue weighted by Crippen LogP contribution is -2.36. The molecule has 0 radical (unpaired) electrons. The second kappa shape index (κ2) is 6.74. The van der Waals surface area contributed by atoms with Crippen molar-refractivity contribution in [3.8, 4) is 0 Å². The fourth-order valence-corrected chi connectivity index (χ4v) is 3.64. The summed E-state index contributed by atoms with van der Waals surface area (Å²) in [6, 6.07) is 9.07. The van der Waals surface area contributed by atoms with Crippen molar-refractivity contribution in [1.29, 1.82) is 0 Å². The fourth-order valence-electron chi connectivity index (χ4n) is 2.53. The van der Waals surface area contributed by atoms with Gasteiger partial charge in [0.1, 0.15) is 11.6 Å². The van der Waals surface area contributed by atoms with E-state index < -0.39 is 26.6 Å². The number of sulfonamides is 1. The van der Waals surface area contributed by atoms with Crippen molar-refractivity contribution in [3.63, 3.8) is 0 Å². The van der Waals surface area contributed by atoms with E-state index in [-0.39, 0.29) is 0 Å². The van der Waals surface area contributed by atoms with E-state index in [0.29, 0.717) is 43.7 Å². The number of anilines is 2. The molecule has 0 spiro atoms. The fraction of sp³-hybridized carbons (Fsp3) is 0.250. The van der Waals surface area contributed by atoms with Crippen molar-refractivity contribution >= 4 is 21.4 Å². The number of nitrogens with one attached hydrogen (secondary N) is 1. The van der Waals surface area contributed by atoms with Gasteiger partial charge < -0.3 is 9.64 Å². The van der Waals surface area contributed by atoms with Gasteiger partial charge in [-0.05, 0) is 24.3 Å². The van der Waals surface area contributed by atoms with Crippen LogP contribution in [-0.2, 0) is 14.8 Å². The predicted octanol–water partition coefficient (Wildman–Crippen LogP) is 2.60. The summed E-state index contributed by atoms with van der Waals surface area (Å²) in [6.45, 7) is 2.37. The lowest BCUT2D eigenvalue weighted by molar-refractivity contribution is 0.123. The van der Waals surface area contributed by atoms with Crippen molar-refractivity contribution in [1.82, 2.24) is 0 Å². The standard InChI is InChI=1S/C16H16F2N2O3S/c17-12-9-13(18)11-14(10-12)24(21,22)19-15-3-1-2-4-16(15)20-5-7-23-8-6-20/h1-4,9-11,19H,5-8H2. The quantitative estimate of drug-likeness (QED) is 0.917. The Bertz CT molecular complexity index is 817. The highest BCUT2D eigenvalue weighted by Gasteiger charge is 2.20.